The van der Waals surface area contributed by atoms with Gasteiger partial charge >= 0.3 is 0 Å². The molecule has 0 heterocycles. The van der Waals surface area contributed by atoms with E-state index in [1.54, 1.807) is 0 Å². The number of nitrogens with two attached hydrogens (primary N) is 1. The van der Waals surface area contributed by atoms with Crippen molar-refractivity contribution in [2.75, 3.05) is 0 Å². The predicted octanol–water partition coefficient (Wildman–Crippen LogP) is 1.17. The Morgan fingerprint density at radius 1 is 1.60 bits per heavy atom. The minimum Gasteiger partial charge on any atom is -0.399 e. The van der Waals surface area contributed by atoms with E-state index in [0.717, 1.165) is 6.08 Å². The van der Waals surface area contributed by atoms with Gasteiger partial charge in [-0.05, 0) is 20.8 Å². The maximum Gasteiger partial charge on any atom is 0.154 e. The van der Waals surface area contributed by atoms with E-state index in [4.69, 9.17) is 5.73 Å². The second-order valence-corrected chi connectivity index (χ2v) is 2.68. The van der Waals surface area contributed by atoms with Crippen LogP contribution in [0.4, 0.5) is 4.39 Å². The van der Waals surface area contributed by atoms with Crippen LogP contribution in [0.1, 0.15) is 20.8 Å². The lowest BCUT2D eigenvalue weighted by Crippen LogP contribution is -2.23. The van der Waals surface area contributed by atoms with E-state index < -0.39 is 5.67 Å². The molecule has 0 aromatic rings. The van der Waals surface area contributed by atoms with Gasteiger partial charge in [0.25, 0.3) is 0 Å². The summed E-state index contributed by atoms with van der Waals surface area (Å²) in [5.41, 5.74) is 3.60. The van der Waals surface area contributed by atoms with Crippen LogP contribution in [0.25, 0.3) is 0 Å². The monoisotopic (exact) mass is 145 g/mol. The number of ketones is 1. The molecule has 3 heteroatoms. The molecule has 0 fully saturated rings. The molecule has 0 aromatic heterocycles. The van der Waals surface area contributed by atoms with Crippen molar-refractivity contribution >= 4 is 5.78 Å². The summed E-state index contributed by atoms with van der Waals surface area (Å²) in [6, 6.07) is 0. The average Bonchev–Trinajstić information content (AvgIpc) is 1.60. The Balaban J connectivity index is 4.35. The molecule has 2 N–H and O–H groups in total. The summed E-state index contributed by atoms with van der Waals surface area (Å²) in [5, 5.41) is 0. The Labute approximate surface area is 59.9 Å². The Morgan fingerprint density at radius 3 is 2.10 bits per heavy atom. The first kappa shape index (κ1) is 9.14. The minimum atomic E-state index is -1.59. The summed E-state index contributed by atoms with van der Waals surface area (Å²) < 4.78 is 12.8. The lowest BCUT2D eigenvalue weighted by atomic mass is 10.1. The van der Waals surface area contributed by atoms with Gasteiger partial charge < -0.3 is 5.73 Å². The Hall–Kier alpha value is -0.860. The molecule has 0 rings (SSSR count). The summed E-state index contributed by atoms with van der Waals surface area (Å²) in [5.74, 6) is -0.233. The highest BCUT2D eigenvalue weighted by atomic mass is 19.1. The van der Waals surface area contributed by atoms with Gasteiger partial charge in [0.05, 0.1) is 0 Å². The number of carbonyl (C=O) groups excluding carboxylic acids is 1. The largest absolute Gasteiger partial charge is 0.399 e. The molecule has 0 aliphatic rings. The first-order valence-corrected chi connectivity index (χ1v) is 3.01. The molecule has 0 bridgehead atoms. The van der Waals surface area contributed by atoms with Gasteiger partial charge in [0.2, 0.25) is 0 Å². The topological polar surface area (TPSA) is 43.1 Å². The minimum absolute atomic E-state index is 0.0278. The van der Waals surface area contributed by atoms with Crippen molar-refractivity contribution in [2.45, 2.75) is 26.4 Å². The van der Waals surface area contributed by atoms with Crippen LogP contribution in [-0.4, -0.2) is 11.5 Å². The van der Waals surface area contributed by atoms with Crippen LogP contribution in [-0.2, 0) is 4.79 Å². The number of carbonyl (C=O) groups is 1. The van der Waals surface area contributed by atoms with Crippen molar-refractivity contribution in [1.82, 2.24) is 0 Å². The molecule has 0 spiro atoms. The third-order valence-corrected chi connectivity index (χ3v) is 1.05. The smallest absolute Gasteiger partial charge is 0.154 e. The average molecular weight is 145 g/mol. The second-order valence-electron chi connectivity index (χ2n) is 2.68. The molecule has 2 nitrogen and oxygen atoms in total. The molecule has 0 unspecified atom stereocenters. The van der Waals surface area contributed by atoms with Gasteiger partial charge in [-0.2, -0.15) is 0 Å². The van der Waals surface area contributed by atoms with Crippen LogP contribution < -0.4 is 5.73 Å². The highest BCUT2D eigenvalue weighted by Crippen LogP contribution is 2.14. The van der Waals surface area contributed by atoms with Gasteiger partial charge in [0.15, 0.2) is 5.78 Å². The Morgan fingerprint density at radius 2 is 2.00 bits per heavy atom. The van der Waals surface area contributed by atoms with E-state index in [-0.39, 0.29) is 11.5 Å². The summed E-state index contributed by atoms with van der Waals surface area (Å²) in [6.45, 7) is 3.95. The highest BCUT2D eigenvalue weighted by molar-refractivity contribution is 5.88. The number of alkyl halides is 1. The van der Waals surface area contributed by atoms with Gasteiger partial charge in [0, 0.05) is 11.8 Å². The van der Waals surface area contributed by atoms with E-state index >= 15 is 0 Å². The van der Waals surface area contributed by atoms with Crippen molar-refractivity contribution in [3.63, 3.8) is 0 Å². The van der Waals surface area contributed by atoms with Crippen LogP contribution in [0.15, 0.2) is 11.8 Å². The summed E-state index contributed by atoms with van der Waals surface area (Å²) in [7, 11) is 0. The molecule has 0 amide bonds. The molecule has 10 heavy (non-hydrogen) atoms. The quantitative estimate of drug-likeness (QED) is 0.592. The van der Waals surface area contributed by atoms with Crippen molar-refractivity contribution < 1.29 is 9.18 Å². The molecule has 0 aromatic carbocycles. The van der Waals surface area contributed by atoms with E-state index in [1.807, 2.05) is 0 Å². The van der Waals surface area contributed by atoms with E-state index in [9.17, 15) is 9.18 Å². The maximum absolute atomic E-state index is 12.8. The van der Waals surface area contributed by atoms with Crippen LogP contribution in [0.2, 0.25) is 0 Å². The van der Waals surface area contributed by atoms with Gasteiger partial charge in [-0.15, -0.1) is 0 Å². The van der Waals surface area contributed by atoms with Gasteiger partial charge in [-0.25, -0.2) is 4.39 Å². The zero-order chi connectivity index (χ0) is 8.36. The number of hydrogen-bond donors (Lipinski definition) is 1. The fourth-order valence-electron chi connectivity index (χ4n) is 0.391. The van der Waals surface area contributed by atoms with Crippen LogP contribution >= 0.6 is 0 Å². The van der Waals surface area contributed by atoms with E-state index in [2.05, 4.69) is 0 Å². The van der Waals surface area contributed by atoms with Crippen molar-refractivity contribution in [1.29, 1.82) is 0 Å². The number of halogens is 1. The van der Waals surface area contributed by atoms with Crippen molar-refractivity contribution in [3.8, 4) is 0 Å². The highest BCUT2D eigenvalue weighted by Gasteiger charge is 2.18. The number of allylic oxidation sites excluding steroid dienone is 2. The summed E-state index contributed by atoms with van der Waals surface area (Å²) >= 11 is 0. The van der Waals surface area contributed by atoms with E-state index in [0.29, 0.717) is 0 Å². The summed E-state index contributed by atoms with van der Waals surface area (Å²) in [6.07, 6.45) is 1.10. The molecule has 58 valence electrons. The van der Waals surface area contributed by atoms with Crippen molar-refractivity contribution in [3.05, 3.63) is 11.8 Å². The van der Waals surface area contributed by atoms with Gasteiger partial charge in [-0.1, -0.05) is 0 Å². The predicted molar refractivity (Wildman–Crippen MR) is 38.1 cm³/mol. The lowest BCUT2D eigenvalue weighted by molar-refractivity contribution is -0.112. The molecule has 0 radical (unpaired) electrons. The molecule has 0 saturated carbocycles. The van der Waals surface area contributed by atoms with Crippen LogP contribution in [0, 0.1) is 0 Å². The first-order chi connectivity index (χ1) is 4.34. The fraction of sp³-hybridized carbons (Fsp3) is 0.571. The van der Waals surface area contributed by atoms with Gasteiger partial charge in [0.1, 0.15) is 5.67 Å². The lowest BCUT2D eigenvalue weighted by Gasteiger charge is -2.13. The van der Waals surface area contributed by atoms with Crippen LogP contribution in [0.5, 0.6) is 0 Å². The molecular formula is C7H12FNO. The zero-order valence-corrected chi connectivity index (χ0v) is 6.44. The van der Waals surface area contributed by atoms with E-state index in [1.165, 1.54) is 20.8 Å². The molecule has 0 aliphatic heterocycles. The maximum atomic E-state index is 12.8. The SMILES string of the molecule is CC(=O)/C=C(\N)C(C)(C)F. The second kappa shape index (κ2) is 2.82. The fourth-order valence-corrected chi connectivity index (χ4v) is 0.391. The molecule has 0 aliphatic carbocycles. The number of hydrogen-bond acceptors (Lipinski definition) is 2. The standard InChI is InChI=1S/C7H12FNO/c1-5(10)4-6(9)7(2,3)8/h4H,9H2,1-3H3/b6-4-. The first-order valence-electron chi connectivity index (χ1n) is 3.01. The number of rotatable bonds is 2. The normalized spacial score (nSPS) is 13.4. The molecule has 0 atom stereocenters. The third-order valence-electron chi connectivity index (χ3n) is 1.05. The molecule has 0 saturated heterocycles. The third kappa shape index (κ3) is 3.22. The Kier molecular flexibility index (Phi) is 2.57. The Bertz CT molecular complexity index is 167. The van der Waals surface area contributed by atoms with Crippen molar-refractivity contribution in [2.24, 2.45) is 5.73 Å². The summed E-state index contributed by atoms with van der Waals surface area (Å²) in [4.78, 5) is 10.4. The van der Waals surface area contributed by atoms with Gasteiger partial charge in [-0.3, -0.25) is 4.79 Å². The zero-order valence-electron chi connectivity index (χ0n) is 6.44. The molecular weight excluding hydrogens is 133 g/mol. The van der Waals surface area contributed by atoms with Crippen LogP contribution in [0.3, 0.4) is 0 Å².